The molecule has 0 bridgehead atoms. The highest BCUT2D eigenvalue weighted by Crippen LogP contribution is 2.22. The molecule has 0 N–H and O–H groups in total. The van der Waals surface area contributed by atoms with Crippen LogP contribution < -0.4 is 0 Å². The van der Waals surface area contributed by atoms with E-state index in [1.54, 1.807) is 0 Å². The maximum absolute atomic E-state index is 10.9. The summed E-state index contributed by atoms with van der Waals surface area (Å²) in [5.74, 6) is 0.844. The number of unbranched alkanes of at least 4 members (excludes halogenated alkanes) is 1. The lowest BCUT2D eigenvalue weighted by atomic mass is 9.90. The minimum Gasteiger partial charge on any atom is -0.287 e. The summed E-state index contributed by atoms with van der Waals surface area (Å²) in [6, 6.07) is 0. The molecule has 0 radical (unpaired) electrons. The van der Waals surface area contributed by atoms with Crippen LogP contribution in [0, 0.1) is 11.8 Å². The summed E-state index contributed by atoms with van der Waals surface area (Å²) in [5.41, 5.74) is 0. The topological polar surface area (TPSA) is 17.1 Å². The molecule has 0 aromatic carbocycles. The first kappa shape index (κ1) is 13.0. The molecule has 0 saturated carbocycles. The molecule has 78 valence electrons. The van der Waals surface area contributed by atoms with Crippen molar-refractivity contribution in [3.05, 3.63) is 0 Å². The van der Waals surface area contributed by atoms with Gasteiger partial charge in [0.15, 0.2) is 5.12 Å². The number of hydrogen-bond donors (Lipinski definition) is 1. The molecule has 1 nitrogen and oxygen atoms in total. The third kappa shape index (κ3) is 6.14. The van der Waals surface area contributed by atoms with Gasteiger partial charge in [-0.2, -0.15) is 0 Å². The van der Waals surface area contributed by atoms with Crippen LogP contribution in [0.4, 0.5) is 0 Å². The zero-order chi connectivity index (χ0) is 10.3. The molecule has 0 aliphatic heterocycles. The average molecular weight is 202 g/mol. The Morgan fingerprint density at radius 3 is 2.38 bits per heavy atom. The van der Waals surface area contributed by atoms with Crippen molar-refractivity contribution in [1.29, 1.82) is 0 Å². The zero-order valence-electron chi connectivity index (χ0n) is 9.05. The summed E-state index contributed by atoms with van der Waals surface area (Å²) in [6.45, 7) is 6.39. The van der Waals surface area contributed by atoms with Crippen LogP contribution in [0.3, 0.4) is 0 Å². The summed E-state index contributed by atoms with van der Waals surface area (Å²) in [4.78, 5) is 10.9. The van der Waals surface area contributed by atoms with Gasteiger partial charge in [0.05, 0.1) is 0 Å². The maximum Gasteiger partial charge on any atom is 0.188 e. The molecular formula is C11H22OS. The fourth-order valence-electron chi connectivity index (χ4n) is 1.58. The first-order valence-electron chi connectivity index (χ1n) is 5.34. The van der Waals surface area contributed by atoms with E-state index in [4.69, 9.17) is 0 Å². The first-order valence-corrected chi connectivity index (χ1v) is 5.79. The molecule has 0 spiro atoms. The van der Waals surface area contributed by atoms with E-state index in [1.807, 2.05) is 6.92 Å². The Kier molecular flexibility index (Phi) is 7.44. The number of rotatable bonds is 7. The second-order valence-corrected chi connectivity index (χ2v) is 4.33. The molecule has 0 rings (SSSR count). The van der Waals surface area contributed by atoms with Crippen LogP contribution in [0.1, 0.15) is 52.9 Å². The molecular weight excluding hydrogens is 180 g/mol. The second-order valence-electron chi connectivity index (χ2n) is 3.89. The molecule has 0 saturated heterocycles. The van der Waals surface area contributed by atoms with Gasteiger partial charge in [-0.05, 0) is 12.3 Å². The van der Waals surface area contributed by atoms with E-state index in [-0.39, 0.29) is 11.0 Å². The Hall–Kier alpha value is 0.0200. The number of hydrogen-bond acceptors (Lipinski definition) is 1. The molecule has 0 aliphatic carbocycles. The molecule has 0 fully saturated rings. The monoisotopic (exact) mass is 202 g/mol. The lowest BCUT2D eigenvalue weighted by Gasteiger charge is -2.17. The van der Waals surface area contributed by atoms with Gasteiger partial charge >= 0.3 is 0 Å². The summed E-state index contributed by atoms with van der Waals surface area (Å²) in [6.07, 6.45) is 5.99. The highest BCUT2D eigenvalue weighted by atomic mass is 32.1. The number of carbonyl (C=O) groups excluding carboxylic acids is 1. The van der Waals surface area contributed by atoms with E-state index in [2.05, 4.69) is 26.5 Å². The van der Waals surface area contributed by atoms with Crippen LogP contribution in [-0.2, 0) is 4.79 Å². The molecule has 0 aromatic heterocycles. The molecule has 0 heterocycles. The van der Waals surface area contributed by atoms with Gasteiger partial charge in [-0.15, -0.1) is 12.6 Å². The Morgan fingerprint density at radius 1 is 1.38 bits per heavy atom. The minimum absolute atomic E-state index is 0.0370. The first-order chi connectivity index (χ1) is 6.11. The smallest absolute Gasteiger partial charge is 0.188 e. The molecule has 0 amide bonds. The SMILES string of the molecule is CCCCC(CC)CC(C)C(=O)S. The quantitative estimate of drug-likeness (QED) is 0.623. The third-order valence-electron chi connectivity index (χ3n) is 2.65. The van der Waals surface area contributed by atoms with Crippen LogP contribution in [0.2, 0.25) is 0 Å². The third-order valence-corrected chi connectivity index (χ3v) is 3.09. The Labute approximate surface area is 87.7 Å². The van der Waals surface area contributed by atoms with Gasteiger partial charge in [0.25, 0.3) is 0 Å². The van der Waals surface area contributed by atoms with Crippen molar-refractivity contribution < 1.29 is 4.79 Å². The van der Waals surface area contributed by atoms with E-state index >= 15 is 0 Å². The van der Waals surface area contributed by atoms with Crippen molar-refractivity contribution in [2.75, 3.05) is 0 Å². The van der Waals surface area contributed by atoms with Crippen molar-refractivity contribution in [1.82, 2.24) is 0 Å². The summed E-state index contributed by atoms with van der Waals surface area (Å²) in [5, 5.41) is 0.0370. The predicted octanol–water partition coefficient (Wildman–Crippen LogP) is 3.69. The normalized spacial score (nSPS) is 15.4. The Bertz CT molecular complexity index is 145. The molecule has 2 unspecified atom stereocenters. The van der Waals surface area contributed by atoms with Gasteiger partial charge in [-0.1, -0.05) is 46.5 Å². The Morgan fingerprint density at radius 2 is 2.00 bits per heavy atom. The summed E-state index contributed by atoms with van der Waals surface area (Å²) in [7, 11) is 0. The highest BCUT2D eigenvalue weighted by molar-refractivity contribution is 7.96. The van der Waals surface area contributed by atoms with Crippen molar-refractivity contribution in [2.45, 2.75) is 52.9 Å². The van der Waals surface area contributed by atoms with Crippen molar-refractivity contribution in [2.24, 2.45) is 11.8 Å². The second kappa shape index (κ2) is 7.43. The van der Waals surface area contributed by atoms with Crippen molar-refractivity contribution in [3.8, 4) is 0 Å². The van der Waals surface area contributed by atoms with E-state index in [9.17, 15) is 4.79 Å². The summed E-state index contributed by atoms with van der Waals surface area (Å²) < 4.78 is 0. The van der Waals surface area contributed by atoms with Crippen LogP contribution in [0.25, 0.3) is 0 Å². The highest BCUT2D eigenvalue weighted by Gasteiger charge is 2.14. The van der Waals surface area contributed by atoms with Crippen LogP contribution in [0.15, 0.2) is 0 Å². The fourth-order valence-corrected chi connectivity index (χ4v) is 1.69. The molecule has 13 heavy (non-hydrogen) atoms. The van der Waals surface area contributed by atoms with Crippen LogP contribution in [0.5, 0.6) is 0 Å². The Balaban J connectivity index is 3.75. The molecule has 2 heteroatoms. The van der Waals surface area contributed by atoms with Gasteiger partial charge in [0, 0.05) is 5.92 Å². The standard InChI is InChI=1S/C11H22OS/c1-4-6-7-10(5-2)8-9(3)11(12)13/h9-10H,4-8H2,1-3H3,(H,12,13). The van der Waals surface area contributed by atoms with E-state index in [1.165, 1.54) is 25.7 Å². The van der Waals surface area contributed by atoms with Crippen LogP contribution >= 0.6 is 12.6 Å². The van der Waals surface area contributed by atoms with Crippen molar-refractivity contribution in [3.63, 3.8) is 0 Å². The summed E-state index contributed by atoms with van der Waals surface area (Å²) >= 11 is 3.86. The molecule has 2 atom stereocenters. The lowest BCUT2D eigenvalue weighted by molar-refractivity contribution is -0.114. The van der Waals surface area contributed by atoms with Gasteiger partial charge in [0.2, 0.25) is 0 Å². The lowest BCUT2D eigenvalue weighted by Crippen LogP contribution is -2.11. The predicted molar refractivity (Wildman–Crippen MR) is 61.1 cm³/mol. The molecule has 0 aliphatic rings. The van der Waals surface area contributed by atoms with Gasteiger partial charge in [0.1, 0.15) is 0 Å². The van der Waals surface area contributed by atoms with Gasteiger partial charge in [-0.3, -0.25) is 4.79 Å². The molecule has 0 aromatic rings. The van der Waals surface area contributed by atoms with Gasteiger partial charge < -0.3 is 0 Å². The number of carbonyl (C=O) groups is 1. The minimum atomic E-state index is 0.0370. The van der Waals surface area contributed by atoms with Gasteiger partial charge in [-0.25, -0.2) is 0 Å². The van der Waals surface area contributed by atoms with E-state index < -0.39 is 0 Å². The van der Waals surface area contributed by atoms with E-state index in [0.29, 0.717) is 5.92 Å². The number of thiol groups is 1. The van der Waals surface area contributed by atoms with Crippen LogP contribution in [-0.4, -0.2) is 5.12 Å². The van der Waals surface area contributed by atoms with E-state index in [0.717, 1.165) is 6.42 Å². The zero-order valence-corrected chi connectivity index (χ0v) is 9.94. The fraction of sp³-hybridized carbons (Fsp3) is 0.909. The largest absolute Gasteiger partial charge is 0.287 e. The maximum atomic E-state index is 10.9. The average Bonchev–Trinajstić information content (AvgIpc) is 2.11. The van der Waals surface area contributed by atoms with Crippen molar-refractivity contribution >= 4 is 17.7 Å².